The fourth-order valence-electron chi connectivity index (χ4n) is 5.77. The first-order chi connectivity index (χ1) is 16.1. The van der Waals surface area contributed by atoms with E-state index in [4.69, 9.17) is 10.5 Å². The number of anilines is 1. The minimum atomic E-state index is -0.115. The molecule has 1 saturated carbocycles. The minimum absolute atomic E-state index is 0.0380. The van der Waals surface area contributed by atoms with Crippen molar-refractivity contribution in [3.05, 3.63) is 36.4 Å². The van der Waals surface area contributed by atoms with E-state index in [2.05, 4.69) is 35.5 Å². The molecule has 0 radical (unpaired) electrons. The lowest BCUT2D eigenvalue weighted by atomic mass is 9.97. The number of aromatic amines is 1. The summed E-state index contributed by atoms with van der Waals surface area (Å²) in [5.41, 5.74) is 11.0. The molecule has 6 heterocycles. The number of ether oxygens (including phenoxy) is 1. The van der Waals surface area contributed by atoms with Crippen LogP contribution in [0.3, 0.4) is 0 Å². The molecule has 1 saturated heterocycles. The molecule has 0 aromatic carbocycles. The van der Waals surface area contributed by atoms with Gasteiger partial charge in [0.1, 0.15) is 23.4 Å². The van der Waals surface area contributed by atoms with Gasteiger partial charge in [-0.3, -0.25) is 4.79 Å². The first-order valence-electron chi connectivity index (χ1n) is 11.6. The van der Waals surface area contributed by atoms with Crippen LogP contribution in [0.25, 0.3) is 33.3 Å². The fourth-order valence-corrected chi connectivity index (χ4v) is 5.77. The summed E-state index contributed by atoms with van der Waals surface area (Å²) in [6, 6.07) is 6.07. The first kappa shape index (κ1) is 19.0. The van der Waals surface area contributed by atoms with Crippen molar-refractivity contribution in [2.75, 3.05) is 25.5 Å². The predicted molar refractivity (Wildman–Crippen MR) is 123 cm³/mol. The summed E-state index contributed by atoms with van der Waals surface area (Å²) in [7, 11) is 0. The Balaban J connectivity index is 1.43. The predicted octanol–water partition coefficient (Wildman–Crippen LogP) is 2.81. The van der Waals surface area contributed by atoms with E-state index in [1.165, 1.54) is 6.33 Å². The molecule has 2 fully saturated rings. The van der Waals surface area contributed by atoms with Gasteiger partial charge in [-0.25, -0.2) is 15.0 Å². The number of carbonyl (C=O) groups excluding carboxylic acids is 1. The van der Waals surface area contributed by atoms with Crippen molar-refractivity contribution in [3.63, 3.8) is 0 Å². The maximum absolute atomic E-state index is 13.5. The van der Waals surface area contributed by atoms with Crippen molar-refractivity contribution in [3.8, 4) is 11.3 Å². The molecule has 4 aromatic heterocycles. The van der Waals surface area contributed by atoms with Crippen LogP contribution in [0.4, 0.5) is 5.82 Å². The van der Waals surface area contributed by atoms with Crippen LogP contribution < -0.4 is 5.73 Å². The lowest BCUT2D eigenvalue weighted by molar-refractivity contribution is -0.140. The van der Waals surface area contributed by atoms with Crippen molar-refractivity contribution >= 4 is 33.8 Å². The van der Waals surface area contributed by atoms with E-state index in [-0.39, 0.29) is 17.4 Å². The van der Waals surface area contributed by atoms with Crippen LogP contribution in [0.2, 0.25) is 0 Å². The third-order valence-electron chi connectivity index (χ3n) is 7.55. The van der Waals surface area contributed by atoms with Gasteiger partial charge in [0.2, 0.25) is 5.91 Å². The Bertz CT molecular complexity index is 1380. The molecule has 9 heteroatoms. The van der Waals surface area contributed by atoms with Crippen molar-refractivity contribution < 1.29 is 9.53 Å². The average molecular weight is 444 g/mol. The van der Waals surface area contributed by atoms with E-state index in [0.29, 0.717) is 25.6 Å². The van der Waals surface area contributed by atoms with Gasteiger partial charge >= 0.3 is 0 Å². The molecular formula is C24H25N7O2. The van der Waals surface area contributed by atoms with Gasteiger partial charge in [0.05, 0.1) is 23.2 Å². The van der Waals surface area contributed by atoms with Crippen LogP contribution in [0, 0.1) is 5.92 Å². The standard InChI is InChI=1S/C24H25N7O2/c25-20-19-18(16-10-15-2-1-7-26-21(15)29-16)17-11-30(23(32)14-3-8-33-9-4-14)12-24(5-6-24)31(17)22(19)28-13-27-20/h1-2,7,10,13-14H,3-6,8-9,11-12H2,(H,26,29)(H2,25,27,28). The Morgan fingerprint density at radius 1 is 1.21 bits per heavy atom. The molecule has 3 N–H and O–H groups in total. The number of aromatic nitrogens is 5. The summed E-state index contributed by atoms with van der Waals surface area (Å²) in [5.74, 6) is 0.738. The normalized spacial score (nSPS) is 19.9. The van der Waals surface area contributed by atoms with Crippen molar-refractivity contribution in [1.82, 2.24) is 29.4 Å². The van der Waals surface area contributed by atoms with Crippen LogP contribution in [0.1, 0.15) is 31.4 Å². The molecular weight excluding hydrogens is 418 g/mol. The first-order valence-corrected chi connectivity index (χ1v) is 11.6. The van der Waals surface area contributed by atoms with Crippen molar-refractivity contribution in [1.29, 1.82) is 0 Å². The number of carbonyl (C=O) groups is 1. The van der Waals surface area contributed by atoms with Gasteiger partial charge in [-0.15, -0.1) is 0 Å². The summed E-state index contributed by atoms with van der Waals surface area (Å²) in [6.45, 7) is 2.58. The molecule has 9 nitrogen and oxygen atoms in total. The fraction of sp³-hybridized carbons (Fsp3) is 0.417. The van der Waals surface area contributed by atoms with Gasteiger partial charge in [-0.05, 0) is 43.9 Å². The average Bonchev–Trinajstić information content (AvgIpc) is 3.32. The Morgan fingerprint density at radius 2 is 2.06 bits per heavy atom. The zero-order chi connectivity index (χ0) is 22.2. The Morgan fingerprint density at radius 3 is 2.85 bits per heavy atom. The van der Waals surface area contributed by atoms with Crippen molar-refractivity contribution in [2.24, 2.45) is 5.92 Å². The van der Waals surface area contributed by atoms with Crippen LogP contribution in [-0.2, 0) is 21.6 Å². The number of hydrogen-bond acceptors (Lipinski definition) is 6. The summed E-state index contributed by atoms with van der Waals surface area (Å²) in [4.78, 5) is 32.5. The third kappa shape index (κ3) is 2.75. The highest BCUT2D eigenvalue weighted by atomic mass is 16.5. The molecule has 3 aliphatic rings. The van der Waals surface area contributed by atoms with Crippen LogP contribution in [0.5, 0.6) is 0 Å². The molecule has 7 rings (SSSR count). The van der Waals surface area contributed by atoms with E-state index < -0.39 is 0 Å². The van der Waals surface area contributed by atoms with Gasteiger partial charge < -0.3 is 24.9 Å². The molecule has 168 valence electrons. The summed E-state index contributed by atoms with van der Waals surface area (Å²) >= 11 is 0. The molecule has 4 aromatic rings. The van der Waals surface area contributed by atoms with Crippen LogP contribution in [-0.4, -0.2) is 55.1 Å². The number of pyridine rings is 1. The zero-order valence-electron chi connectivity index (χ0n) is 18.3. The second-order valence-corrected chi connectivity index (χ2v) is 9.54. The second kappa shape index (κ2) is 6.77. The highest BCUT2D eigenvalue weighted by Gasteiger charge is 2.52. The number of nitrogens with one attached hydrogen (secondary N) is 1. The number of nitrogen functional groups attached to an aromatic ring is 1. The maximum atomic E-state index is 13.5. The largest absolute Gasteiger partial charge is 0.383 e. The number of nitrogens with zero attached hydrogens (tertiary/aromatic N) is 5. The summed E-state index contributed by atoms with van der Waals surface area (Å²) in [6.07, 6.45) is 6.96. The Hall–Kier alpha value is -3.46. The van der Waals surface area contributed by atoms with E-state index >= 15 is 0 Å². The highest BCUT2D eigenvalue weighted by Crippen LogP contribution is 2.53. The van der Waals surface area contributed by atoms with E-state index in [0.717, 1.165) is 71.2 Å². The monoisotopic (exact) mass is 443 g/mol. The lowest BCUT2D eigenvalue weighted by Gasteiger charge is -2.38. The quantitative estimate of drug-likeness (QED) is 0.492. The van der Waals surface area contributed by atoms with Gasteiger partial charge in [0.15, 0.2) is 0 Å². The maximum Gasteiger partial charge on any atom is 0.226 e. The van der Waals surface area contributed by atoms with Crippen LogP contribution >= 0.6 is 0 Å². The van der Waals surface area contributed by atoms with Gasteiger partial charge in [0.25, 0.3) is 0 Å². The molecule has 0 atom stereocenters. The third-order valence-corrected chi connectivity index (χ3v) is 7.55. The molecule has 0 bridgehead atoms. The number of nitrogens with two attached hydrogens (primary N) is 1. The molecule has 33 heavy (non-hydrogen) atoms. The number of hydrogen-bond donors (Lipinski definition) is 2. The Labute approximate surface area is 190 Å². The smallest absolute Gasteiger partial charge is 0.226 e. The minimum Gasteiger partial charge on any atom is -0.383 e. The molecule has 2 aliphatic heterocycles. The summed E-state index contributed by atoms with van der Waals surface area (Å²) in [5, 5.41) is 1.88. The highest BCUT2D eigenvalue weighted by molar-refractivity contribution is 6.04. The van der Waals surface area contributed by atoms with E-state index in [9.17, 15) is 4.79 Å². The molecule has 0 unspecified atom stereocenters. The van der Waals surface area contributed by atoms with Gasteiger partial charge in [-0.1, -0.05) is 0 Å². The van der Waals surface area contributed by atoms with E-state index in [1.807, 2.05) is 12.1 Å². The summed E-state index contributed by atoms with van der Waals surface area (Å²) < 4.78 is 7.84. The lowest BCUT2D eigenvalue weighted by Crippen LogP contribution is -2.48. The molecule has 1 spiro atoms. The molecule has 1 aliphatic carbocycles. The molecule has 1 amide bonds. The van der Waals surface area contributed by atoms with Crippen LogP contribution in [0.15, 0.2) is 30.7 Å². The van der Waals surface area contributed by atoms with Crippen molar-refractivity contribution in [2.45, 2.75) is 37.8 Å². The van der Waals surface area contributed by atoms with E-state index in [1.54, 1.807) is 6.20 Å². The van der Waals surface area contributed by atoms with Gasteiger partial charge in [-0.2, -0.15) is 0 Å². The Kier molecular flexibility index (Phi) is 3.91. The SMILES string of the molecule is Nc1ncnc2c1c(-c1cc3cccnc3[nH]1)c1n2C2(CC2)CN(C(=O)C2CCOCC2)C1. The topological polar surface area (TPSA) is 115 Å². The number of H-pyrrole nitrogens is 1. The zero-order valence-corrected chi connectivity index (χ0v) is 18.3. The van der Waals surface area contributed by atoms with Gasteiger partial charge in [0, 0.05) is 48.5 Å². The number of fused-ring (bicyclic) bond motifs is 5. The number of rotatable bonds is 2. The second-order valence-electron chi connectivity index (χ2n) is 9.54. The number of amides is 1.